The molecule has 0 saturated carbocycles. The fourth-order valence-electron chi connectivity index (χ4n) is 2.97. The molecule has 138 valence electrons. The molecule has 0 unspecified atom stereocenters. The summed E-state index contributed by atoms with van der Waals surface area (Å²) in [6.45, 7) is 7.07. The van der Waals surface area contributed by atoms with Crippen molar-refractivity contribution in [1.29, 1.82) is 0 Å². The van der Waals surface area contributed by atoms with Gasteiger partial charge in [-0.3, -0.25) is 9.59 Å². The number of halogens is 1. The monoisotopic (exact) mass is 365 g/mol. The Balaban J connectivity index is 1.56. The van der Waals surface area contributed by atoms with E-state index < -0.39 is 0 Å². The normalized spacial score (nSPS) is 15.2. The summed E-state index contributed by atoms with van der Waals surface area (Å²) in [6, 6.07) is 7.69. The molecular formula is C19H28ClN3O2. The summed E-state index contributed by atoms with van der Waals surface area (Å²) in [4.78, 5) is 28.3. The van der Waals surface area contributed by atoms with Crippen LogP contribution in [0.1, 0.15) is 31.7 Å². The second-order valence-electron chi connectivity index (χ2n) is 6.40. The van der Waals surface area contributed by atoms with Crippen molar-refractivity contribution in [1.82, 2.24) is 15.1 Å². The fraction of sp³-hybridized carbons (Fsp3) is 0.579. The van der Waals surface area contributed by atoms with Gasteiger partial charge in [0.2, 0.25) is 11.8 Å². The molecule has 2 rings (SSSR count). The standard InChI is InChI=1S/C19H28ClN3O2/c1-2-22-12-14-23(15-13-22)19(25)10-11-21-18(24)5-3-4-16-6-8-17(20)9-7-16/h6-9H,2-5,10-15H2,1H3,(H,21,24). The zero-order valence-corrected chi connectivity index (χ0v) is 15.7. The van der Waals surface area contributed by atoms with Gasteiger partial charge in [0.1, 0.15) is 0 Å². The Bertz CT molecular complexity index is 554. The lowest BCUT2D eigenvalue weighted by Gasteiger charge is -2.34. The molecule has 5 nitrogen and oxygen atoms in total. The van der Waals surface area contributed by atoms with E-state index in [-0.39, 0.29) is 11.8 Å². The van der Waals surface area contributed by atoms with Gasteiger partial charge in [-0.15, -0.1) is 0 Å². The summed E-state index contributed by atoms with van der Waals surface area (Å²) in [7, 11) is 0. The number of rotatable bonds is 8. The molecule has 25 heavy (non-hydrogen) atoms. The number of amides is 2. The zero-order chi connectivity index (χ0) is 18.1. The van der Waals surface area contributed by atoms with E-state index in [4.69, 9.17) is 11.6 Å². The minimum Gasteiger partial charge on any atom is -0.356 e. The largest absolute Gasteiger partial charge is 0.356 e. The van der Waals surface area contributed by atoms with Gasteiger partial charge in [0.25, 0.3) is 0 Å². The molecule has 1 N–H and O–H groups in total. The third kappa shape index (κ3) is 7.04. The van der Waals surface area contributed by atoms with Crippen LogP contribution in [0.4, 0.5) is 0 Å². The maximum absolute atomic E-state index is 12.1. The molecule has 1 fully saturated rings. The van der Waals surface area contributed by atoms with Crippen LogP contribution < -0.4 is 5.32 Å². The van der Waals surface area contributed by atoms with Crippen molar-refractivity contribution in [3.05, 3.63) is 34.9 Å². The maximum Gasteiger partial charge on any atom is 0.224 e. The first kappa shape index (κ1) is 19.7. The third-order valence-corrected chi connectivity index (χ3v) is 4.87. The molecule has 2 amide bonds. The molecule has 0 aromatic heterocycles. The van der Waals surface area contributed by atoms with Crippen LogP contribution in [-0.2, 0) is 16.0 Å². The SMILES string of the molecule is CCN1CCN(C(=O)CCNC(=O)CCCc2ccc(Cl)cc2)CC1. The van der Waals surface area contributed by atoms with Crippen molar-refractivity contribution >= 4 is 23.4 Å². The van der Waals surface area contributed by atoms with Crippen molar-refractivity contribution in [2.75, 3.05) is 39.3 Å². The Morgan fingerprint density at radius 2 is 1.76 bits per heavy atom. The Hall–Kier alpha value is -1.59. The highest BCUT2D eigenvalue weighted by Crippen LogP contribution is 2.11. The van der Waals surface area contributed by atoms with Gasteiger partial charge in [-0.05, 0) is 37.1 Å². The van der Waals surface area contributed by atoms with Gasteiger partial charge in [0, 0.05) is 50.6 Å². The van der Waals surface area contributed by atoms with E-state index in [9.17, 15) is 9.59 Å². The van der Waals surface area contributed by atoms with Crippen LogP contribution >= 0.6 is 11.6 Å². The Morgan fingerprint density at radius 1 is 1.08 bits per heavy atom. The van der Waals surface area contributed by atoms with Gasteiger partial charge >= 0.3 is 0 Å². The number of piperazine rings is 1. The van der Waals surface area contributed by atoms with Crippen LogP contribution in [0, 0.1) is 0 Å². The van der Waals surface area contributed by atoms with Crippen molar-refractivity contribution in [2.24, 2.45) is 0 Å². The lowest BCUT2D eigenvalue weighted by Crippen LogP contribution is -2.49. The Kier molecular flexibility index (Phi) is 8.22. The van der Waals surface area contributed by atoms with Crippen LogP contribution in [0.3, 0.4) is 0 Å². The second kappa shape index (κ2) is 10.4. The van der Waals surface area contributed by atoms with Gasteiger partial charge in [-0.25, -0.2) is 0 Å². The van der Waals surface area contributed by atoms with Crippen LogP contribution in [0.15, 0.2) is 24.3 Å². The van der Waals surface area contributed by atoms with E-state index in [0.717, 1.165) is 50.6 Å². The van der Waals surface area contributed by atoms with Crippen LogP contribution in [0.5, 0.6) is 0 Å². The molecule has 1 saturated heterocycles. The molecule has 6 heteroatoms. The number of hydrogen-bond donors (Lipinski definition) is 1. The van der Waals surface area contributed by atoms with Gasteiger partial charge in [-0.1, -0.05) is 30.7 Å². The highest BCUT2D eigenvalue weighted by atomic mass is 35.5. The van der Waals surface area contributed by atoms with Gasteiger partial charge in [0.05, 0.1) is 0 Å². The van der Waals surface area contributed by atoms with Crippen LogP contribution in [0.2, 0.25) is 5.02 Å². The summed E-state index contributed by atoms with van der Waals surface area (Å²) in [5, 5.41) is 3.57. The molecular weight excluding hydrogens is 338 g/mol. The smallest absolute Gasteiger partial charge is 0.224 e. The average molecular weight is 366 g/mol. The van der Waals surface area contributed by atoms with E-state index in [0.29, 0.717) is 19.4 Å². The molecule has 0 atom stereocenters. The van der Waals surface area contributed by atoms with E-state index in [1.807, 2.05) is 29.2 Å². The van der Waals surface area contributed by atoms with Gasteiger partial charge in [-0.2, -0.15) is 0 Å². The number of carbonyl (C=O) groups is 2. The average Bonchev–Trinajstić information content (AvgIpc) is 2.63. The zero-order valence-electron chi connectivity index (χ0n) is 15.0. The Morgan fingerprint density at radius 3 is 2.40 bits per heavy atom. The predicted molar refractivity (Wildman–Crippen MR) is 101 cm³/mol. The van der Waals surface area contributed by atoms with Gasteiger partial charge < -0.3 is 15.1 Å². The van der Waals surface area contributed by atoms with Gasteiger partial charge in [0.15, 0.2) is 0 Å². The van der Waals surface area contributed by atoms with Crippen molar-refractivity contribution in [3.63, 3.8) is 0 Å². The van der Waals surface area contributed by atoms with Crippen molar-refractivity contribution < 1.29 is 9.59 Å². The summed E-state index contributed by atoms with van der Waals surface area (Å²) < 4.78 is 0. The van der Waals surface area contributed by atoms with E-state index in [2.05, 4.69) is 17.1 Å². The molecule has 1 aromatic carbocycles. The Labute approximate surface area is 155 Å². The minimum atomic E-state index is 0.0116. The first-order chi connectivity index (χ1) is 12.1. The van der Waals surface area contributed by atoms with E-state index >= 15 is 0 Å². The molecule has 0 bridgehead atoms. The quantitative estimate of drug-likeness (QED) is 0.769. The summed E-state index contributed by atoms with van der Waals surface area (Å²) >= 11 is 5.85. The number of benzene rings is 1. The third-order valence-electron chi connectivity index (χ3n) is 4.62. The van der Waals surface area contributed by atoms with E-state index in [1.54, 1.807) is 0 Å². The number of carbonyl (C=O) groups excluding carboxylic acids is 2. The minimum absolute atomic E-state index is 0.0116. The maximum atomic E-state index is 12.1. The molecule has 0 aliphatic carbocycles. The second-order valence-corrected chi connectivity index (χ2v) is 6.83. The molecule has 1 aromatic rings. The summed E-state index contributed by atoms with van der Waals surface area (Å²) in [6.07, 6.45) is 2.51. The molecule has 0 spiro atoms. The molecule has 1 aliphatic rings. The van der Waals surface area contributed by atoms with Crippen LogP contribution in [0.25, 0.3) is 0 Å². The molecule has 1 aliphatic heterocycles. The highest BCUT2D eigenvalue weighted by Gasteiger charge is 2.19. The van der Waals surface area contributed by atoms with Crippen molar-refractivity contribution in [2.45, 2.75) is 32.6 Å². The number of nitrogens with zero attached hydrogens (tertiary/aromatic N) is 2. The highest BCUT2D eigenvalue weighted by molar-refractivity contribution is 6.30. The number of hydrogen-bond acceptors (Lipinski definition) is 3. The van der Waals surface area contributed by atoms with Crippen LogP contribution in [-0.4, -0.2) is 60.9 Å². The lowest BCUT2D eigenvalue weighted by atomic mass is 10.1. The lowest BCUT2D eigenvalue weighted by molar-refractivity contribution is -0.132. The topological polar surface area (TPSA) is 52.6 Å². The number of aryl methyl sites for hydroxylation is 1. The molecule has 1 heterocycles. The molecule has 0 radical (unpaired) electrons. The summed E-state index contributed by atoms with van der Waals surface area (Å²) in [5.74, 6) is 0.148. The first-order valence-corrected chi connectivity index (χ1v) is 9.47. The van der Waals surface area contributed by atoms with E-state index in [1.165, 1.54) is 5.56 Å². The predicted octanol–water partition coefficient (Wildman–Crippen LogP) is 2.33. The first-order valence-electron chi connectivity index (χ1n) is 9.09. The van der Waals surface area contributed by atoms with Crippen molar-refractivity contribution in [3.8, 4) is 0 Å². The fourth-order valence-corrected chi connectivity index (χ4v) is 3.10. The summed E-state index contributed by atoms with van der Waals surface area (Å²) in [5.41, 5.74) is 1.18. The number of likely N-dealkylation sites (N-methyl/N-ethyl adjacent to an activating group) is 1. The number of nitrogens with one attached hydrogen (secondary N) is 1.